The third kappa shape index (κ3) is 3.24. The first-order valence-electron chi connectivity index (χ1n) is 6.66. The molecular weight excluding hydrogens is 347 g/mol. The number of benzene rings is 1. The van der Waals surface area contributed by atoms with Crippen LogP contribution in [0.4, 0.5) is 4.39 Å². The number of aromatic nitrogens is 1. The number of aliphatic hydroxyl groups is 1. The topological polar surface area (TPSA) is 56.9 Å². The number of aliphatic hydroxyl groups excluding tert-OH is 1. The Labute approximate surface area is 136 Å². The van der Waals surface area contributed by atoms with E-state index in [1.807, 2.05) is 0 Å². The highest BCUT2D eigenvalue weighted by atomic mass is 79.9. The van der Waals surface area contributed by atoms with Gasteiger partial charge in [-0.2, -0.15) is 5.26 Å². The maximum atomic E-state index is 13.8. The molecule has 5 heteroatoms. The first kappa shape index (κ1) is 16.3. The molecule has 0 amide bonds. The van der Waals surface area contributed by atoms with Gasteiger partial charge in [-0.25, -0.2) is 4.39 Å². The Morgan fingerprint density at radius 2 is 2.23 bits per heavy atom. The van der Waals surface area contributed by atoms with Crippen LogP contribution in [0.3, 0.4) is 0 Å². The molecule has 3 nitrogen and oxygen atoms in total. The van der Waals surface area contributed by atoms with Crippen molar-refractivity contribution >= 4 is 15.9 Å². The Bertz CT molecular complexity index is 740. The lowest BCUT2D eigenvalue weighted by molar-refractivity contribution is 0.280. The summed E-state index contributed by atoms with van der Waals surface area (Å²) in [6.45, 7) is 3.55. The Hall–Kier alpha value is -2.03. The summed E-state index contributed by atoms with van der Waals surface area (Å²) in [6.07, 6.45) is 5.71. The Morgan fingerprint density at radius 3 is 2.82 bits per heavy atom. The lowest BCUT2D eigenvalue weighted by Gasteiger charge is -2.19. The molecule has 1 aromatic heterocycles. The fourth-order valence-electron chi connectivity index (χ4n) is 2.36. The molecule has 0 aliphatic carbocycles. The van der Waals surface area contributed by atoms with Crippen molar-refractivity contribution in [2.45, 2.75) is 12.3 Å². The number of pyridine rings is 1. The highest BCUT2D eigenvalue weighted by molar-refractivity contribution is 9.10. The summed E-state index contributed by atoms with van der Waals surface area (Å²) in [4.78, 5) is 4.14. The largest absolute Gasteiger partial charge is 0.395 e. The standard InChI is InChI=1S/C17H14BrFN2O/c1-2-3-13-14(8-21-9-16(13)18)15(10-22)11-4-5-12(7-20)17(19)6-11/h2,4-6,8-9,15,22H,1,3,10H2. The molecule has 1 heterocycles. The fourth-order valence-corrected chi connectivity index (χ4v) is 2.87. The van der Waals surface area contributed by atoms with Gasteiger partial charge >= 0.3 is 0 Å². The molecule has 112 valence electrons. The van der Waals surface area contributed by atoms with Gasteiger partial charge in [-0.15, -0.1) is 6.58 Å². The number of nitriles is 1. The lowest BCUT2D eigenvalue weighted by atomic mass is 9.88. The van der Waals surface area contributed by atoms with Crippen molar-refractivity contribution in [3.05, 3.63) is 75.8 Å². The number of hydrogen-bond acceptors (Lipinski definition) is 3. The summed E-state index contributed by atoms with van der Waals surface area (Å²) < 4.78 is 14.7. The highest BCUT2D eigenvalue weighted by Crippen LogP contribution is 2.31. The summed E-state index contributed by atoms with van der Waals surface area (Å²) in [5.74, 6) is -1.01. The second-order valence-electron chi connectivity index (χ2n) is 4.77. The second kappa shape index (κ2) is 7.30. The molecule has 1 aromatic carbocycles. The van der Waals surface area contributed by atoms with E-state index in [2.05, 4.69) is 27.5 Å². The number of nitrogens with zero attached hydrogens (tertiary/aromatic N) is 2. The van der Waals surface area contributed by atoms with Crippen molar-refractivity contribution in [1.82, 2.24) is 4.98 Å². The van der Waals surface area contributed by atoms with E-state index in [0.29, 0.717) is 12.0 Å². The SMILES string of the molecule is C=CCc1c(Br)cncc1C(CO)c1ccc(C#N)c(F)c1. The van der Waals surface area contributed by atoms with Crippen LogP contribution in [0.15, 0.2) is 47.7 Å². The molecule has 0 bridgehead atoms. The monoisotopic (exact) mass is 360 g/mol. The van der Waals surface area contributed by atoms with Crippen molar-refractivity contribution in [2.24, 2.45) is 0 Å². The summed E-state index contributed by atoms with van der Waals surface area (Å²) in [5.41, 5.74) is 2.35. The molecule has 0 spiro atoms. The molecule has 0 radical (unpaired) electrons. The van der Waals surface area contributed by atoms with Crippen LogP contribution < -0.4 is 0 Å². The van der Waals surface area contributed by atoms with Gasteiger partial charge in [0, 0.05) is 22.8 Å². The van der Waals surface area contributed by atoms with E-state index in [1.54, 1.807) is 30.6 Å². The Balaban J connectivity index is 2.53. The number of allylic oxidation sites excluding steroid dienone is 1. The highest BCUT2D eigenvalue weighted by Gasteiger charge is 2.19. The molecule has 2 rings (SSSR count). The first-order chi connectivity index (χ1) is 10.6. The minimum Gasteiger partial charge on any atom is -0.395 e. The minimum atomic E-state index is -0.591. The maximum Gasteiger partial charge on any atom is 0.141 e. The summed E-state index contributed by atoms with van der Waals surface area (Å²) >= 11 is 3.45. The molecule has 1 atom stereocenters. The van der Waals surface area contributed by atoms with Crippen LogP contribution in [0.1, 0.15) is 28.2 Å². The molecule has 0 fully saturated rings. The zero-order valence-corrected chi connectivity index (χ0v) is 13.3. The molecule has 22 heavy (non-hydrogen) atoms. The van der Waals surface area contributed by atoms with E-state index in [0.717, 1.165) is 15.6 Å². The lowest BCUT2D eigenvalue weighted by Crippen LogP contribution is -2.10. The van der Waals surface area contributed by atoms with E-state index in [-0.39, 0.29) is 12.2 Å². The van der Waals surface area contributed by atoms with E-state index >= 15 is 0 Å². The average molecular weight is 361 g/mol. The van der Waals surface area contributed by atoms with E-state index < -0.39 is 11.7 Å². The normalized spacial score (nSPS) is 11.7. The van der Waals surface area contributed by atoms with Gasteiger partial charge in [-0.1, -0.05) is 12.1 Å². The number of rotatable bonds is 5. The van der Waals surface area contributed by atoms with Gasteiger partial charge in [0.1, 0.15) is 11.9 Å². The van der Waals surface area contributed by atoms with Crippen LogP contribution in [-0.2, 0) is 6.42 Å². The number of hydrogen-bond donors (Lipinski definition) is 1. The zero-order chi connectivity index (χ0) is 16.1. The van der Waals surface area contributed by atoms with Crippen molar-refractivity contribution in [1.29, 1.82) is 5.26 Å². The Kier molecular flexibility index (Phi) is 5.42. The molecule has 1 unspecified atom stereocenters. The van der Waals surface area contributed by atoms with Gasteiger partial charge in [-0.3, -0.25) is 4.98 Å². The predicted molar refractivity (Wildman–Crippen MR) is 85.9 cm³/mol. The van der Waals surface area contributed by atoms with Crippen LogP contribution in [-0.4, -0.2) is 16.7 Å². The van der Waals surface area contributed by atoms with Crippen LogP contribution >= 0.6 is 15.9 Å². The predicted octanol–water partition coefficient (Wildman–Crippen LogP) is 3.71. The summed E-state index contributed by atoms with van der Waals surface area (Å²) in [7, 11) is 0. The summed E-state index contributed by atoms with van der Waals surface area (Å²) in [6, 6.07) is 6.16. The van der Waals surface area contributed by atoms with Crippen molar-refractivity contribution < 1.29 is 9.50 Å². The smallest absolute Gasteiger partial charge is 0.141 e. The van der Waals surface area contributed by atoms with Crippen molar-refractivity contribution in [2.75, 3.05) is 6.61 Å². The zero-order valence-electron chi connectivity index (χ0n) is 11.8. The van der Waals surface area contributed by atoms with E-state index in [9.17, 15) is 9.50 Å². The Morgan fingerprint density at radius 1 is 1.45 bits per heavy atom. The van der Waals surface area contributed by atoms with Crippen LogP contribution in [0.5, 0.6) is 0 Å². The van der Waals surface area contributed by atoms with Crippen LogP contribution in [0.2, 0.25) is 0 Å². The van der Waals surface area contributed by atoms with Gasteiger partial charge in [0.05, 0.1) is 12.2 Å². The molecule has 0 saturated carbocycles. The van der Waals surface area contributed by atoms with E-state index in [4.69, 9.17) is 5.26 Å². The number of halogens is 2. The van der Waals surface area contributed by atoms with Gasteiger partial charge in [0.2, 0.25) is 0 Å². The first-order valence-corrected chi connectivity index (χ1v) is 7.45. The average Bonchev–Trinajstić information content (AvgIpc) is 2.51. The van der Waals surface area contributed by atoms with Gasteiger partial charge < -0.3 is 5.11 Å². The molecule has 1 N–H and O–H groups in total. The molecule has 0 aliphatic rings. The summed E-state index contributed by atoms with van der Waals surface area (Å²) in [5, 5.41) is 18.6. The van der Waals surface area contributed by atoms with E-state index in [1.165, 1.54) is 12.1 Å². The van der Waals surface area contributed by atoms with Crippen molar-refractivity contribution in [3.63, 3.8) is 0 Å². The van der Waals surface area contributed by atoms with Gasteiger partial charge in [-0.05, 0) is 51.2 Å². The molecule has 0 saturated heterocycles. The molecular formula is C17H14BrFN2O. The third-order valence-electron chi connectivity index (χ3n) is 3.46. The maximum absolute atomic E-state index is 13.8. The quantitative estimate of drug-likeness (QED) is 0.826. The van der Waals surface area contributed by atoms with Crippen LogP contribution in [0, 0.1) is 17.1 Å². The third-order valence-corrected chi connectivity index (χ3v) is 4.14. The van der Waals surface area contributed by atoms with Crippen LogP contribution in [0.25, 0.3) is 0 Å². The van der Waals surface area contributed by atoms with Crippen molar-refractivity contribution in [3.8, 4) is 6.07 Å². The van der Waals surface area contributed by atoms with Gasteiger partial charge in [0.15, 0.2) is 0 Å². The second-order valence-corrected chi connectivity index (χ2v) is 5.62. The van der Waals surface area contributed by atoms with Gasteiger partial charge in [0.25, 0.3) is 0 Å². The fraction of sp³-hybridized carbons (Fsp3) is 0.176. The molecule has 0 aliphatic heterocycles. The molecule has 2 aromatic rings. The minimum absolute atomic E-state index is 0.0147.